The largest absolute Gasteiger partial charge is 0.697 e. The van der Waals surface area contributed by atoms with Crippen LogP contribution in [0.2, 0.25) is 0 Å². The summed E-state index contributed by atoms with van der Waals surface area (Å²) >= 11 is 0. The van der Waals surface area contributed by atoms with Gasteiger partial charge in [-0.3, -0.25) is 0 Å². The SMILES string of the molecule is CCCCO[P+](=O)OCC[N+](C)(C)C. The van der Waals surface area contributed by atoms with Crippen LogP contribution in [0, 0.1) is 0 Å². The second kappa shape index (κ2) is 7.30. The monoisotopic (exact) mass is 223 g/mol. The molecule has 14 heavy (non-hydrogen) atoms. The number of quaternary nitrogens is 1. The third kappa shape index (κ3) is 10.1. The number of unbranched alkanes of at least 4 members (excludes halogenated alkanes) is 1. The molecule has 0 radical (unpaired) electrons. The second-order valence-electron chi connectivity index (χ2n) is 4.26. The van der Waals surface area contributed by atoms with Crippen LogP contribution in [-0.4, -0.2) is 45.4 Å². The average molecular weight is 223 g/mol. The molecule has 0 aliphatic heterocycles. The van der Waals surface area contributed by atoms with E-state index in [4.69, 9.17) is 9.05 Å². The standard InChI is InChI=1S/C9H22NO3P/c1-5-6-8-12-14(11)13-9-7-10(2,3)4/h5-9H2,1-4H3/q+2. The van der Waals surface area contributed by atoms with Crippen molar-refractivity contribution < 1.29 is 18.1 Å². The molecule has 0 aliphatic rings. The molecule has 0 fully saturated rings. The summed E-state index contributed by atoms with van der Waals surface area (Å²) in [7, 11) is 4.29. The quantitative estimate of drug-likeness (QED) is 0.359. The van der Waals surface area contributed by atoms with Crippen molar-refractivity contribution in [3.63, 3.8) is 0 Å². The Balaban J connectivity index is 3.36. The highest BCUT2D eigenvalue weighted by molar-refractivity contribution is 7.33. The lowest BCUT2D eigenvalue weighted by Crippen LogP contribution is -2.37. The second-order valence-corrected chi connectivity index (χ2v) is 5.22. The van der Waals surface area contributed by atoms with Crippen molar-refractivity contribution in [1.82, 2.24) is 0 Å². The Morgan fingerprint density at radius 2 is 1.71 bits per heavy atom. The third-order valence-electron chi connectivity index (χ3n) is 1.65. The zero-order valence-corrected chi connectivity index (χ0v) is 10.5. The molecule has 0 N–H and O–H groups in total. The molecule has 0 spiro atoms. The molecule has 4 nitrogen and oxygen atoms in total. The van der Waals surface area contributed by atoms with E-state index in [9.17, 15) is 4.57 Å². The minimum Gasteiger partial charge on any atom is -0.329 e. The normalized spacial score (nSPS) is 13.0. The van der Waals surface area contributed by atoms with Crippen LogP contribution in [0.3, 0.4) is 0 Å². The lowest BCUT2D eigenvalue weighted by atomic mass is 10.4. The summed E-state index contributed by atoms with van der Waals surface area (Å²) in [5.41, 5.74) is 0. The number of likely N-dealkylation sites (N-methyl/N-ethyl adjacent to an activating group) is 1. The summed E-state index contributed by atoms with van der Waals surface area (Å²) in [4.78, 5) is 0. The van der Waals surface area contributed by atoms with Gasteiger partial charge < -0.3 is 4.48 Å². The molecular weight excluding hydrogens is 201 g/mol. The first kappa shape index (κ1) is 14.0. The molecule has 5 heteroatoms. The Hall–Kier alpha value is -0.0200. The van der Waals surface area contributed by atoms with Crippen LogP contribution >= 0.6 is 8.25 Å². The first-order valence-electron chi connectivity index (χ1n) is 4.99. The first-order chi connectivity index (χ1) is 6.45. The third-order valence-corrected chi connectivity index (χ3v) is 2.44. The van der Waals surface area contributed by atoms with Gasteiger partial charge in [0.2, 0.25) is 0 Å². The van der Waals surface area contributed by atoms with Gasteiger partial charge in [-0.2, -0.15) is 0 Å². The van der Waals surface area contributed by atoms with Gasteiger partial charge in [-0.05, 0) is 6.42 Å². The summed E-state index contributed by atoms with van der Waals surface area (Å²) in [6.45, 7) is 3.90. The topological polar surface area (TPSA) is 35.5 Å². The molecule has 1 unspecified atom stereocenters. The van der Waals surface area contributed by atoms with E-state index in [-0.39, 0.29) is 0 Å². The summed E-state index contributed by atoms with van der Waals surface area (Å²) in [5, 5.41) is 0. The molecular formula is C9H22NO3P+2. The molecule has 0 amide bonds. The van der Waals surface area contributed by atoms with Crippen molar-refractivity contribution >= 4 is 8.25 Å². The van der Waals surface area contributed by atoms with Crippen molar-refractivity contribution in [3.05, 3.63) is 0 Å². The Kier molecular flexibility index (Phi) is 7.28. The van der Waals surface area contributed by atoms with Gasteiger partial charge in [-0.15, -0.1) is 9.05 Å². The Morgan fingerprint density at radius 3 is 2.21 bits per heavy atom. The van der Waals surface area contributed by atoms with Crippen molar-refractivity contribution in [2.75, 3.05) is 40.9 Å². The van der Waals surface area contributed by atoms with Gasteiger partial charge in [0.1, 0.15) is 13.2 Å². The average Bonchev–Trinajstić information content (AvgIpc) is 2.02. The van der Waals surface area contributed by atoms with Gasteiger partial charge in [-0.1, -0.05) is 13.3 Å². The van der Waals surface area contributed by atoms with Gasteiger partial charge in [0, 0.05) is 4.57 Å². The summed E-state index contributed by atoms with van der Waals surface area (Å²) in [6.07, 6.45) is 1.97. The lowest BCUT2D eigenvalue weighted by Gasteiger charge is -2.21. The van der Waals surface area contributed by atoms with E-state index in [1.54, 1.807) is 0 Å². The number of nitrogens with zero attached hydrogens (tertiary/aromatic N) is 1. The van der Waals surface area contributed by atoms with Crippen molar-refractivity contribution in [2.45, 2.75) is 19.8 Å². The van der Waals surface area contributed by atoms with Crippen LogP contribution in [0.4, 0.5) is 0 Å². The molecule has 0 bridgehead atoms. The van der Waals surface area contributed by atoms with Gasteiger partial charge >= 0.3 is 8.25 Å². The highest BCUT2D eigenvalue weighted by Gasteiger charge is 2.21. The van der Waals surface area contributed by atoms with E-state index in [0.29, 0.717) is 13.2 Å². The number of hydrogen-bond donors (Lipinski definition) is 0. The molecule has 0 saturated heterocycles. The van der Waals surface area contributed by atoms with Gasteiger partial charge in [0.05, 0.1) is 21.1 Å². The number of rotatable bonds is 8. The molecule has 0 saturated carbocycles. The molecule has 0 aromatic carbocycles. The maximum atomic E-state index is 11.1. The maximum absolute atomic E-state index is 11.1. The number of hydrogen-bond acceptors (Lipinski definition) is 3. The molecule has 0 rings (SSSR count). The van der Waals surface area contributed by atoms with Crippen LogP contribution in [0.15, 0.2) is 0 Å². The maximum Gasteiger partial charge on any atom is 0.697 e. The molecule has 0 aromatic rings. The van der Waals surface area contributed by atoms with E-state index >= 15 is 0 Å². The Bertz CT molecular complexity index is 168. The van der Waals surface area contributed by atoms with Gasteiger partial charge in [0.25, 0.3) is 0 Å². The minimum absolute atomic E-state index is 0.477. The van der Waals surface area contributed by atoms with Gasteiger partial charge in [-0.25, -0.2) is 0 Å². The fraction of sp³-hybridized carbons (Fsp3) is 1.00. The van der Waals surface area contributed by atoms with E-state index in [1.165, 1.54) is 0 Å². The minimum atomic E-state index is -1.91. The van der Waals surface area contributed by atoms with Gasteiger partial charge in [0.15, 0.2) is 6.61 Å². The highest BCUT2D eigenvalue weighted by atomic mass is 31.1. The molecule has 0 aromatic heterocycles. The fourth-order valence-electron chi connectivity index (χ4n) is 0.710. The van der Waals surface area contributed by atoms with Crippen LogP contribution in [0.5, 0.6) is 0 Å². The zero-order chi connectivity index (χ0) is 11.0. The smallest absolute Gasteiger partial charge is 0.329 e. The Labute approximate surface area is 87.7 Å². The lowest BCUT2D eigenvalue weighted by molar-refractivity contribution is -0.870. The summed E-state index contributed by atoms with van der Waals surface area (Å²) in [5.74, 6) is 0. The van der Waals surface area contributed by atoms with Crippen molar-refractivity contribution in [2.24, 2.45) is 0 Å². The first-order valence-corrected chi connectivity index (χ1v) is 6.09. The molecule has 84 valence electrons. The van der Waals surface area contributed by atoms with Crippen molar-refractivity contribution in [1.29, 1.82) is 0 Å². The predicted molar refractivity (Wildman–Crippen MR) is 57.3 cm³/mol. The van der Waals surface area contributed by atoms with Crippen LogP contribution in [0.1, 0.15) is 19.8 Å². The molecule has 0 heterocycles. The zero-order valence-electron chi connectivity index (χ0n) is 9.65. The molecule has 0 aliphatic carbocycles. The van der Waals surface area contributed by atoms with E-state index in [0.717, 1.165) is 23.9 Å². The van der Waals surface area contributed by atoms with Crippen LogP contribution < -0.4 is 0 Å². The van der Waals surface area contributed by atoms with Crippen molar-refractivity contribution in [3.8, 4) is 0 Å². The van der Waals surface area contributed by atoms with Crippen LogP contribution in [0.25, 0.3) is 0 Å². The van der Waals surface area contributed by atoms with Crippen LogP contribution in [-0.2, 0) is 13.6 Å². The van der Waals surface area contributed by atoms with E-state index < -0.39 is 8.25 Å². The summed E-state index contributed by atoms with van der Waals surface area (Å²) in [6, 6.07) is 0. The molecule has 1 atom stereocenters. The summed E-state index contributed by atoms with van der Waals surface area (Å²) < 4.78 is 21.9. The van der Waals surface area contributed by atoms with E-state index in [2.05, 4.69) is 28.1 Å². The predicted octanol–water partition coefficient (Wildman–Crippen LogP) is 2.18. The Morgan fingerprint density at radius 1 is 1.14 bits per heavy atom. The van der Waals surface area contributed by atoms with E-state index in [1.807, 2.05) is 0 Å². The fourth-order valence-corrected chi connectivity index (χ4v) is 1.29. The highest BCUT2D eigenvalue weighted by Crippen LogP contribution is 2.23.